The van der Waals surface area contributed by atoms with Crippen LogP contribution < -0.4 is 16.6 Å². The number of aliphatic hydroxyl groups is 1. The van der Waals surface area contributed by atoms with Crippen LogP contribution in [0.25, 0.3) is 0 Å². The molecular formula is C6H9N3O3. The predicted molar refractivity (Wildman–Crippen MR) is 41.6 cm³/mol. The Balaban J connectivity index is 2.87. The minimum absolute atomic E-state index is 0.210. The molecule has 1 rings (SSSR count). The third-order valence-corrected chi connectivity index (χ3v) is 1.32. The Hall–Kier alpha value is -1.40. The summed E-state index contributed by atoms with van der Waals surface area (Å²) in [5, 5.41) is 10.9. The van der Waals surface area contributed by atoms with Gasteiger partial charge >= 0.3 is 5.69 Å². The monoisotopic (exact) mass is 171 g/mol. The minimum atomic E-state index is -0.534. The lowest BCUT2D eigenvalue weighted by atomic mass is 10.3. The maximum atomic E-state index is 10.9. The average molecular weight is 171 g/mol. The summed E-state index contributed by atoms with van der Waals surface area (Å²) >= 11 is 0. The van der Waals surface area contributed by atoms with Gasteiger partial charge in [-0.2, -0.15) is 0 Å². The van der Waals surface area contributed by atoms with E-state index in [0.29, 0.717) is 5.56 Å². The molecule has 0 aliphatic heterocycles. The zero-order valence-electron chi connectivity index (χ0n) is 6.26. The summed E-state index contributed by atoms with van der Waals surface area (Å²) in [6.07, 6.45) is 1.31. The lowest BCUT2D eigenvalue weighted by Gasteiger charge is -1.97. The Morgan fingerprint density at radius 3 is 2.83 bits per heavy atom. The lowest BCUT2D eigenvalue weighted by Crippen LogP contribution is -2.28. The zero-order valence-corrected chi connectivity index (χ0v) is 6.26. The summed E-state index contributed by atoms with van der Waals surface area (Å²) in [7, 11) is 0. The van der Waals surface area contributed by atoms with Crippen LogP contribution in [0.2, 0.25) is 0 Å². The highest BCUT2D eigenvalue weighted by molar-refractivity contribution is 5.02. The number of aromatic amines is 2. The van der Waals surface area contributed by atoms with E-state index in [0.717, 1.165) is 0 Å². The quantitative estimate of drug-likeness (QED) is 0.399. The van der Waals surface area contributed by atoms with Crippen molar-refractivity contribution in [3.05, 3.63) is 32.6 Å². The number of hydrogen-bond acceptors (Lipinski definition) is 4. The van der Waals surface area contributed by atoms with Crippen molar-refractivity contribution in [3.63, 3.8) is 0 Å². The molecule has 0 fully saturated rings. The number of aliphatic hydroxyl groups excluding tert-OH is 1. The van der Waals surface area contributed by atoms with Crippen molar-refractivity contribution in [1.29, 1.82) is 0 Å². The normalized spacial score (nSPS) is 10.1. The van der Waals surface area contributed by atoms with Crippen LogP contribution in [0.5, 0.6) is 0 Å². The number of hydrogen-bond donors (Lipinski definition) is 4. The molecule has 6 heteroatoms. The summed E-state index contributed by atoms with van der Waals surface area (Å²) in [5.74, 6) is 0. The van der Waals surface area contributed by atoms with E-state index < -0.39 is 11.2 Å². The molecule has 0 saturated heterocycles. The fraction of sp³-hybridized carbons (Fsp3) is 0.333. The van der Waals surface area contributed by atoms with Crippen LogP contribution in [0.3, 0.4) is 0 Å². The van der Waals surface area contributed by atoms with Crippen LogP contribution in [-0.4, -0.2) is 21.8 Å². The van der Waals surface area contributed by atoms with Crippen LogP contribution in [0.1, 0.15) is 5.56 Å². The third-order valence-electron chi connectivity index (χ3n) is 1.32. The highest BCUT2D eigenvalue weighted by Crippen LogP contribution is 1.81. The van der Waals surface area contributed by atoms with Gasteiger partial charge in [0, 0.05) is 18.3 Å². The van der Waals surface area contributed by atoms with E-state index in [4.69, 9.17) is 5.11 Å². The van der Waals surface area contributed by atoms with Crippen LogP contribution in [0.15, 0.2) is 15.8 Å². The molecule has 0 bridgehead atoms. The van der Waals surface area contributed by atoms with Crippen LogP contribution >= 0.6 is 0 Å². The molecule has 0 aromatic carbocycles. The number of rotatable bonds is 3. The van der Waals surface area contributed by atoms with E-state index in [2.05, 4.69) is 15.3 Å². The molecule has 1 heterocycles. The van der Waals surface area contributed by atoms with Gasteiger partial charge in [0.05, 0.1) is 6.73 Å². The van der Waals surface area contributed by atoms with E-state index >= 15 is 0 Å². The van der Waals surface area contributed by atoms with Gasteiger partial charge in [0.1, 0.15) is 0 Å². The predicted octanol–water partition coefficient (Wildman–Crippen LogP) is -1.90. The molecule has 0 atom stereocenters. The first-order chi connectivity index (χ1) is 5.74. The van der Waals surface area contributed by atoms with E-state index in [1.807, 2.05) is 0 Å². The summed E-state index contributed by atoms with van der Waals surface area (Å²) in [5.41, 5.74) is -0.601. The van der Waals surface area contributed by atoms with Crippen molar-refractivity contribution in [2.45, 2.75) is 6.54 Å². The van der Waals surface area contributed by atoms with Crippen molar-refractivity contribution in [3.8, 4) is 0 Å². The summed E-state index contributed by atoms with van der Waals surface area (Å²) < 4.78 is 0. The van der Waals surface area contributed by atoms with Gasteiger partial charge in [-0.25, -0.2) is 4.79 Å². The van der Waals surface area contributed by atoms with Gasteiger partial charge in [-0.1, -0.05) is 0 Å². The Labute approximate surface area is 67.3 Å². The third kappa shape index (κ3) is 2.04. The van der Waals surface area contributed by atoms with Gasteiger partial charge < -0.3 is 10.1 Å². The standard InChI is InChI=1S/C6H9N3O3/c10-3-7-1-4-2-8-6(12)9-5(4)11/h2,7,10H,1,3H2,(H2,8,9,11,12). The number of aromatic nitrogens is 2. The summed E-state index contributed by atoms with van der Waals surface area (Å²) in [4.78, 5) is 25.9. The van der Waals surface area contributed by atoms with Gasteiger partial charge in [-0.05, 0) is 0 Å². The van der Waals surface area contributed by atoms with Crippen molar-refractivity contribution in [2.24, 2.45) is 0 Å². The molecular weight excluding hydrogens is 162 g/mol. The second-order valence-electron chi connectivity index (χ2n) is 2.18. The first-order valence-electron chi connectivity index (χ1n) is 3.36. The molecule has 1 aromatic rings. The summed E-state index contributed by atoms with van der Waals surface area (Å²) in [6, 6.07) is 0. The maximum Gasteiger partial charge on any atom is 0.325 e. The van der Waals surface area contributed by atoms with Crippen LogP contribution in [0.4, 0.5) is 0 Å². The number of H-pyrrole nitrogens is 2. The molecule has 0 amide bonds. The van der Waals surface area contributed by atoms with Crippen molar-refractivity contribution < 1.29 is 5.11 Å². The fourth-order valence-electron chi connectivity index (χ4n) is 0.760. The fourth-order valence-corrected chi connectivity index (χ4v) is 0.760. The topological polar surface area (TPSA) is 98.0 Å². The highest BCUT2D eigenvalue weighted by atomic mass is 16.3. The molecule has 12 heavy (non-hydrogen) atoms. The second kappa shape index (κ2) is 3.84. The average Bonchev–Trinajstić information content (AvgIpc) is 2.03. The van der Waals surface area contributed by atoms with Crippen LogP contribution in [-0.2, 0) is 6.54 Å². The van der Waals surface area contributed by atoms with E-state index in [-0.39, 0.29) is 13.3 Å². The molecule has 0 aliphatic rings. The van der Waals surface area contributed by atoms with E-state index in [1.165, 1.54) is 6.20 Å². The molecule has 0 spiro atoms. The zero-order chi connectivity index (χ0) is 8.97. The van der Waals surface area contributed by atoms with E-state index in [9.17, 15) is 9.59 Å². The smallest absolute Gasteiger partial charge is 0.325 e. The molecule has 0 unspecified atom stereocenters. The van der Waals surface area contributed by atoms with Gasteiger partial charge in [0.25, 0.3) is 5.56 Å². The molecule has 0 aliphatic carbocycles. The molecule has 0 radical (unpaired) electrons. The van der Waals surface area contributed by atoms with Crippen molar-refractivity contribution in [2.75, 3.05) is 6.73 Å². The molecule has 1 aromatic heterocycles. The van der Waals surface area contributed by atoms with Crippen molar-refractivity contribution >= 4 is 0 Å². The van der Waals surface area contributed by atoms with Gasteiger partial charge in [0.15, 0.2) is 0 Å². The molecule has 4 N–H and O–H groups in total. The van der Waals surface area contributed by atoms with Gasteiger partial charge in [0.2, 0.25) is 0 Å². The first kappa shape index (κ1) is 8.69. The highest BCUT2D eigenvalue weighted by Gasteiger charge is 1.97. The molecule has 66 valence electrons. The Bertz CT molecular complexity index is 354. The largest absolute Gasteiger partial charge is 0.381 e. The van der Waals surface area contributed by atoms with Gasteiger partial charge in [-0.15, -0.1) is 0 Å². The SMILES string of the molecule is O=c1[nH]cc(CNCO)c(=O)[nH]1. The van der Waals surface area contributed by atoms with Crippen LogP contribution in [0, 0.1) is 0 Å². The Morgan fingerprint density at radius 2 is 2.25 bits per heavy atom. The molecule has 0 saturated carbocycles. The number of nitrogens with one attached hydrogen (secondary N) is 3. The van der Waals surface area contributed by atoms with E-state index in [1.54, 1.807) is 0 Å². The second-order valence-corrected chi connectivity index (χ2v) is 2.18. The minimum Gasteiger partial charge on any atom is -0.381 e. The summed E-state index contributed by atoms with van der Waals surface area (Å²) in [6.45, 7) is 0.0151. The Morgan fingerprint density at radius 1 is 1.50 bits per heavy atom. The van der Waals surface area contributed by atoms with Gasteiger partial charge in [-0.3, -0.25) is 15.1 Å². The van der Waals surface area contributed by atoms with Crippen molar-refractivity contribution in [1.82, 2.24) is 15.3 Å². The maximum absolute atomic E-state index is 10.9. The molecule has 6 nitrogen and oxygen atoms in total. The lowest BCUT2D eigenvalue weighted by molar-refractivity contribution is 0.259. The Kier molecular flexibility index (Phi) is 2.78. The first-order valence-corrected chi connectivity index (χ1v) is 3.36.